The third-order valence-electron chi connectivity index (χ3n) is 2.12. The summed E-state index contributed by atoms with van der Waals surface area (Å²) in [5.74, 6) is 0. The van der Waals surface area contributed by atoms with Crippen molar-refractivity contribution in [2.75, 3.05) is 18.0 Å². The van der Waals surface area contributed by atoms with Crippen LogP contribution in [0.4, 0.5) is 5.69 Å². The Kier molecular flexibility index (Phi) is 8.79. The number of alkyl halides is 4. The van der Waals surface area contributed by atoms with Gasteiger partial charge in [-0.1, -0.05) is 17.7 Å². The molecule has 0 atom stereocenters. The van der Waals surface area contributed by atoms with Crippen molar-refractivity contribution in [2.24, 2.45) is 0 Å². The van der Waals surface area contributed by atoms with E-state index in [0.717, 1.165) is 5.69 Å². The Morgan fingerprint density at radius 3 is 1.71 bits per heavy atom. The van der Waals surface area contributed by atoms with E-state index in [1.54, 1.807) is 0 Å². The molecule has 0 amide bonds. The Labute approximate surface area is 128 Å². The third kappa shape index (κ3) is 6.83. The van der Waals surface area contributed by atoms with E-state index in [4.69, 9.17) is 46.4 Å². The molecule has 0 aliphatic rings. The first-order valence-electron chi connectivity index (χ1n) is 4.87. The molecule has 1 nitrogen and oxygen atoms in total. The fourth-order valence-electron chi connectivity index (χ4n) is 1.37. The smallest absolute Gasteiger partial charge is 0.125 e. The van der Waals surface area contributed by atoms with Crippen molar-refractivity contribution in [1.82, 2.24) is 0 Å². The Hall–Kier alpha value is 0.470. The largest absolute Gasteiger partial charge is 0.366 e. The van der Waals surface area contributed by atoms with Gasteiger partial charge in [-0.3, -0.25) is 0 Å². The molecule has 0 bridgehead atoms. The van der Waals surface area contributed by atoms with Crippen LogP contribution in [-0.4, -0.2) is 22.8 Å². The van der Waals surface area contributed by atoms with E-state index in [0.29, 0.717) is 13.1 Å². The number of halogens is 5. The number of rotatable bonds is 5. The molecule has 1 aromatic rings. The molecule has 0 heterocycles. The zero-order valence-corrected chi connectivity index (χ0v) is 13.1. The molecule has 0 unspecified atom stereocenters. The van der Waals surface area contributed by atoms with Gasteiger partial charge in [0, 0.05) is 18.8 Å². The maximum atomic E-state index is 5.77. The fourth-order valence-corrected chi connectivity index (χ4v) is 2.04. The van der Waals surface area contributed by atoms with E-state index >= 15 is 0 Å². The molecule has 0 aromatic heterocycles. The van der Waals surface area contributed by atoms with Gasteiger partial charge in [-0.05, 0) is 19.1 Å². The summed E-state index contributed by atoms with van der Waals surface area (Å²) in [7, 11) is 0. The first-order valence-corrected chi connectivity index (χ1v) is 6.61. The second-order valence-corrected chi connectivity index (χ2v) is 6.08. The van der Waals surface area contributed by atoms with Crippen LogP contribution in [0.3, 0.4) is 0 Å². The average molecular weight is 338 g/mol. The van der Waals surface area contributed by atoms with Gasteiger partial charge in [0.25, 0.3) is 0 Å². The van der Waals surface area contributed by atoms with Gasteiger partial charge in [0.1, 0.15) is 9.67 Å². The Morgan fingerprint density at radius 2 is 1.35 bits per heavy atom. The predicted octanol–water partition coefficient (Wildman–Crippen LogP) is 4.83. The van der Waals surface area contributed by atoms with E-state index in [9.17, 15) is 0 Å². The molecule has 0 aliphatic heterocycles. The molecule has 1 rings (SSSR count). The number of anilines is 1. The van der Waals surface area contributed by atoms with Crippen LogP contribution in [0.25, 0.3) is 0 Å². The topological polar surface area (TPSA) is 3.24 Å². The van der Waals surface area contributed by atoms with Crippen LogP contribution in [0.5, 0.6) is 0 Å². The molecule has 0 fully saturated rings. The van der Waals surface area contributed by atoms with Crippen LogP contribution in [-0.2, 0) is 0 Å². The van der Waals surface area contributed by atoms with Crippen LogP contribution < -0.4 is 4.90 Å². The minimum atomic E-state index is -0.464. The van der Waals surface area contributed by atoms with Gasteiger partial charge in [-0.15, -0.1) is 58.8 Å². The molecule has 98 valence electrons. The van der Waals surface area contributed by atoms with Crippen LogP contribution in [0.1, 0.15) is 5.56 Å². The second kappa shape index (κ2) is 8.55. The zero-order chi connectivity index (χ0) is 12.1. The third-order valence-corrected chi connectivity index (χ3v) is 2.67. The summed E-state index contributed by atoms with van der Waals surface area (Å²) in [4.78, 5) is 1.04. The van der Waals surface area contributed by atoms with E-state index < -0.39 is 9.67 Å². The number of nitrogens with zero attached hydrogens (tertiary/aromatic N) is 1. The van der Waals surface area contributed by atoms with Crippen molar-refractivity contribution in [3.05, 3.63) is 29.8 Å². The molecule has 0 saturated carbocycles. The van der Waals surface area contributed by atoms with Crippen LogP contribution in [0.2, 0.25) is 0 Å². The fraction of sp³-hybridized carbons (Fsp3) is 0.455. The zero-order valence-electron chi connectivity index (χ0n) is 9.25. The summed E-state index contributed by atoms with van der Waals surface area (Å²) in [6, 6.07) is 8.05. The van der Waals surface area contributed by atoms with Crippen LogP contribution >= 0.6 is 58.8 Å². The number of benzene rings is 1. The molecule has 6 heteroatoms. The summed E-state index contributed by atoms with van der Waals surface area (Å²) in [5, 5.41) is 0. The van der Waals surface area contributed by atoms with Gasteiger partial charge in [-0.25, -0.2) is 0 Å². The first kappa shape index (κ1) is 17.5. The predicted molar refractivity (Wildman–Crippen MR) is 81.6 cm³/mol. The SMILES string of the molecule is Cc1ccc(N(CC(Cl)Cl)CC(Cl)Cl)cc1.Cl. The lowest BCUT2D eigenvalue weighted by molar-refractivity contribution is 0.837. The number of aryl methyl sites for hydroxylation is 1. The lowest BCUT2D eigenvalue weighted by Gasteiger charge is -2.25. The minimum Gasteiger partial charge on any atom is -0.366 e. The van der Waals surface area contributed by atoms with Gasteiger partial charge in [-0.2, -0.15) is 0 Å². The molecular weight excluding hydrogens is 323 g/mol. The van der Waals surface area contributed by atoms with Gasteiger partial charge in [0.2, 0.25) is 0 Å². The van der Waals surface area contributed by atoms with Crippen molar-refractivity contribution in [3.63, 3.8) is 0 Å². The van der Waals surface area contributed by atoms with Crippen molar-refractivity contribution in [2.45, 2.75) is 16.6 Å². The maximum absolute atomic E-state index is 5.77. The molecule has 17 heavy (non-hydrogen) atoms. The van der Waals surface area contributed by atoms with Gasteiger partial charge in [0.15, 0.2) is 0 Å². The van der Waals surface area contributed by atoms with Gasteiger partial charge in [0.05, 0.1) is 0 Å². The molecule has 0 saturated heterocycles. The average Bonchev–Trinajstić information content (AvgIpc) is 2.16. The van der Waals surface area contributed by atoms with Crippen LogP contribution in [0.15, 0.2) is 24.3 Å². The molecule has 0 radical (unpaired) electrons. The van der Waals surface area contributed by atoms with Crippen molar-refractivity contribution in [1.29, 1.82) is 0 Å². The highest BCUT2D eigenvalue weighted by molar-refractivity contribution is 6.45. The molecular formula is C11H14Cl5N. The second-order valence-electron chi connectivity index (χ2n) is 3.52. The van der Waals surface area contributed by atoms with Crippen LogP contribution in [0, 0.1) is 6.92 Å². The summed E-state index contributed by atoms with van der Waals surface area (Å²) >= 11 is 23.1. The van der Waals surface area contributed by atoms with Crippen molar-refractivity contribution >= 4 is 64.5 Å². The number of hydrogen-bond donors (Lipinski definition) is 0. The molecule has 0 spiro atoms. The van der Waals surface area contributed by atoms with E-state index in [2.05, 4.69) is 0 Å². The standard InChI is InChI=1S/C11H13Cl4N.ClH/c1-8-2-4-9(5-3-8)16(6-10(12)13)7-11(14)15;/h2-5,10-11H,6-7H2,1H3;1H. The minimum absolute atomic E-state index is 0. The van der Waals surface area contributed by atoms with Gasteiger partial charge < -0.3 is 4.90 Å². The Balaban J connectivity index is 0.00000256. The maximum Gasteiger partial charge on any atom is 0.125 e. The summed E-state index contributed by atoms with van der Waals surface area (Å²) in [6.07, 6.45) is 0. The highest BCUT2D eigenvalue weighted by atomic mass is 35.5. The normalized spacial score (nSPS) is 10.5. The lowest BCUT2D eigenvalue weighted by atomic mass is 10.2. The highest BCUT2D eigenvalue weighted by Crippen LogP contribution is 2.19. The molecule has 0 N–H and O–H groups in total. The Morgan fingerprint density at radius 1 is 0.941 bits per heavy atom. The van der Waals surface area contributed by atoms with Gasteiger partial charge >= 0.3 is 0 Å². The van der Waals surface area contributed by atoms with Crippen molar-refractivity contribution in [3.8, 4) is 0 Å². The van der Waals surface area contributed by atoms with E-state index in [1.165, 1.54) is 5.56 Å². The highest BCUT2D eigenvalue weighted by Gasteiger charge is 2.13. The molecule has 1 aromatic carbocycles. The Bertz CT molecular complexity index is 302. The summed E-state index contributed by atoms with van der Waals surface area (Å²) in [6.45, 7) is 3.04. The summed E-state index contributed by atoms with van der Waals surface area (Å²) in [5.41, 5.74) is 2.22. The van der Waals surface area contributed by atoms with E-state index in [-0.39, 0.29) is 12.4 Å². The first-order chi connectivity index (χ1) is 7.49. The van der Waals surface area contributed by atoms with Crippen molar-refractivity contribution < 1.29 is 0 Å². The monoisotopic (exact) mass is 335 g/mol. The summed E-state index contributed by atoms with van der Waals surface area (Å²) < 4.78 is 0. The quantitative estimate of drug-likeness (QED) is 0.696. The lowest BCUT2D eigenvalue weighted by Crippen LogP contribution is -2.32. The molecule has 0 aliphatic carbocycles. The number of hydrogen-bond acceptors (Lipinski definition) is 1. The van der Waals surface area contributed by atoms with E-state index in [1.807, 2.05) is 36.1 Å².